The summed E-state index contributed by atoms with van der Waals surface area (Å²) in [5.74, 6) is -0.193. The molecule has 1 aromatic heterocycles. The highest BCUT2D eigenvalue weighted by Gasteiger charge is 2.12. The molecule has 3 N–H and O–H groups in total. The Morgan fingerprint density at radius 3 is 2.67 bits per heavy atom. The average Bonchev–Trinajstić information content (AvgIpc) is 2.17. The van der Waals surface area contributed by atoms with E-state index in [-0.39, 0.29) is 5.91 Å². The SMILES string of the molecule is CNC(=O)C(N)c1ccncc1. The molecule has 0 bridgehead atoms. The van der Waals surface area contributed by atoms with Gasteiger partial charge < -0.3 is 11.1 Å². The van der Waals surface area contributed by atoms with E-state index in [1.54, 1.807) is 31.6 Å². The van der Waals surface area contributed by atoms with E-state index in [1.165, 1.54) is 0 Å². The molecule has 1 rings (SSSR count). The summed E-state index contributed by atoms with van der Waals surface area (Å²) in [5, 5.41) is 2.48. The molecule has 1 atom stereocenters. The van der Waals surface area contributed by atoms with Crippen LogP contribution in [0.2, 0.25) is 0 Å². The fraction of sp³-hybridized carbons (Fsp3) is 0.250. The van der Waals surface area contributed by atoms with Gasteiger partial charge in [-0.3, -0.25) is 9.78 Å². The van der Waals surface area contributed by atoms with Crippen molar-refractivity contribution in [3.05, 3.63) is 30.1 Å². The van der Waals surface area contributed by atoms with Gasteiger partial charge in [0.15, 0.2) is 0 Å². The fourth-order valence-corrected chi connectivity index (χ4v) is 0.878. The monoisotopic (exact) mass is 165 g/mol. The highest BCUT2D eigenvalue weighted by Crippen LogP contribution is 2.07. The zero-order valence-electron chi connectivity index (χ0n) is 6.82. The van der Waals surface area contributed by atoms with Crippen molar-refractivity contribution in [1.82, 2.24) is 10.3 Å². The lowest BCUT2D eigenvalue weighted by molar-refractivity contribution is -0.121. The average molecular weight is 165 g/mol. The summed E-state index contributed by atoms with van der Waals surface area (Å²) in [6.07, 6.45) is 3.22. The smallest absolute Gasteiger partial charge is 0.241 e. The third-order valence-electron chi connectivity index (χ3n) is 1.59. The van der Waals surface area contributed by atoms with Gasteiger partial charge in [0.1, 0.15) is 6.04 Å². The Bertz CT molecular complexity index is 260. The first kappa shape index (κ1) is 8.67. The lowest BCUT2D eigenvalue weighted by Crippen LogP contribution is -2.31. The molecule has 0 aliphatic rings. The molecule has 4 heteroatoms. The number of nitrogens with zero attached hydrogens (tertiary/aromatic N) is 1. The van der Waals surface area contributed by atoms with Crippen molar-refractivity contribution in [3.8, 4) is 0 Å². The zero-order chi connectivity index (χ0) is 8.97. The van der Waals surface area contributed by atoms with Crippen LogP contribution in [0.4, 0.5) is 0 Å². The van der Waals surface area contributed by atoms with Gasteiger partial charge >= 0.3 is 0 Å². The van der Waals surface area contributed by atoms with E-state index in [0.29, 0.717) is 0 Å². The van der Waals surface area contributed by atoms with Crippen LogP contribution >= 0.6 is 0 Å². The molecule has 1 unspecified atom stereocenters. The van der Waals surface area contributed by atoms with Crippen molar-refractivity contribution in [2.45, 2.75) is 6.04 Å². The van der Waals surface area contributed by atoms with Gasteiger partial charge in [-0.2, -0.15) is 0 Å². The van der Waals surface area contributed by atoms with Gasteiger partial charge in [0.05, 0.1) is 0 Å². The van der Waals surface area contributed by atoms with E-state index in [2.05, 4.69) is 10.3 Å². The normalized spacial score (nSPS) is 12.2. The van der Waals surface area contributed by atoms with Gasteiger partial charge in [0.2, 0.25) is 5.91 Å². The van der Waals surface area contributed by atoms with Crippen LogP contribution in [0.15, 0.2) is 24.5 Å². The second kappa shape index (κ2) is 3.82. The highest BCUT2D eigenvalue weighted by atomic mass is 16.2. The first-order valence-electron chi connectivity index (χ1n) is 3.63. The van der Waals surface area contributed by atoms with Crippen LogP contribution in [0.5, 0.6) is 0 Å². The van der Waals surface area contributed by atoms with E-state index in [1.807, 2.05) is 0 Å². The lowest BCUT2D eigenvalue weighted by Gasteiger charge is -2.08. The highest BCUT2D eigenvalue weighted by molar-refractivity contribution is 5.82. The number of pyridine rings is 1. The fourth-order valence-electron chi connectivity index (χ4n) is 0.878. The Kier molecular flexibility index (Phi) is 2.76. The molecular formula is C8H11N3O. The quantitative estimate of drug-likeness (QED) is 0.639. The molecule has 12 heavy (non-hydrogen) atoms. The molecule has 0 aliphatic heterocycles. The third kappa shape index (κ3) is 1.79. The Morgan fingerprint density at radius 2 is 2.17 bits per heavy atom. The molecule has 0 saturated heterocycles. The van der Waals surface area contributed by atoms with Crippen molar-refractivity contribution >= 4 is 5.91 Å². The second-order valence-corrected chi connectivity index (χ2v) is 2.37. The van der Waals surface area contributed by atoms with Gasteiger partial charge in [0.25, 0.3) is 0 Å². The number of rotatable bonds is 2. The largest absolute Gasteiger partial charge is 0.358 e. The number of hydrogen-bond donors (Lipinski definition) is 2. The van der Waals surface area contributed by atoms with Crippen LogP contribution < -0.4 is 11.1 Å². The minimum atomic E-state index is -0.599. The lowest BCUT2D eigenvalue weighted by atomic mass is 10.1. The number of carbonyl (C=O) groups is 1. The topological polar surface area (TPSA) is 68.0 Å². The zero-order valence-corrected chi connectivity index (χ0v) is 6.82. The molecule has 0 aromatic carbocycles. The van der Waals surface area contributed by atoms with Crippen molar-refractivity contribution in [2.75, 3.05) is 7.05 Å². The number of hydrogen-bond acceptors (Lipinski definition) is 3. The molecule has 1 amide bonds. The summed E-state index contributed by atoms with van der Waals surface area (Å²) in [7, 11) is 1.56. The first-order valence-corrected chi connectivity index (χ1v) is 3.63. The summed E-state index contributed by atoms with van der Waals surface area (Å²) in [5.41, 5.74) is 6.38. The maximum atomic E-state index is 11.1. The first-order chi connectivity index (χ1) is 5.75. The predicted octanol–water partition coefficient (Wildman–Crippen LogP) is -0.173. The van der Waals surface area contributed by atoms with Crippen molar-refractivity contribution < 1.29 is 4.79 Å². The molecule has 0 radical (unpaired) electrons. The number of nitrogens with two attached hydrogens (primary N) is 1. The Hall–Kier alpha value is -1.42. The molecule has 0 fully saturated rings. The Labute approximate surface area is 70.8 Å². The Morgan fingerprint density at radius 1 is 1.58 bits per heavy atom. The van der Waals surface area contributed by atoms with E-state index in [9.17, 15) is 4.79 Å². The number of aromatic nitrogens is 1. The molecule has 0 aliphatic carbocycles. The van der Waals surface area contributed by atoms with E-state index in [4.69, 9.17) is 5.73 Å². The molecule has 0 spiro atoms. The second-order valence-electron chi connectivity index (χ2n) is 2.37. The maximum absolute atomic E-state index is 11.1. The molecule has 1 aromatic rings. The van der Waals surface area contributed by atoms with Crippen molar-refractivity contribution in [3.63, 3.8) is 0 Å². The molecule has 64 valence electrons. The summed E-state index contributed by atoms with van der Waals surface area (Å²) < 4.78 is 0. The van der Waals surface area contributed by atoms with Gasteiger partial charge in [-0.1, -0.05) is 0 Å². The summed E-state index contributed by atoms with van der Waals surface area (Å²) in [4.78, 5) is 14.9. The van der Waals surface area contributed by atoms with Crippen molar-refractivity contribution in [2.24, 2.45) is 5.73 Å². The molecule has 1 heterocycles. The van der Waals surface area contributed by atoms with Gasteiger partial charge in [-0.15, -0.1) is 0 Å². The number of carbonyl (C=O) groups excluding carboxylic acids is 1. The number of likely N-dealkylation sites (N-methyl/N-ethyl adjacent to an activating group) is 1. The van der Waals surface area contributed by atoms with Crippen LogP contribution in [-0.2, 0) is 4.79 Å². The molecule has 4 nitrogen and oxygen atoms in total. The van der Waals surface area contributed by atoms with Crippen LogP contribution in [-0.4, -0.2) is 17.9 Å². The third-order valence-corrected chi connectivity index (χ3v) is 1.59. The van der Waals surface area contributed by atoms with Crippen LogP contribution in [0.25, 0.3) is 0 Å². The summed E-state index contributed by atoms with van der Waals surface area (Å²) >= 11 is 0. The summed E-state index contributed by atoms with van der Waals surface area (Å²) in [6, 6.07) is 2.85. The maximum Gasteiger partial charge on any atom is 0.241 e. The van der Waals surface area contributed by atoms with Crippen LogP contribution in [0, 0.1) is 0 Å². The van der Waals surface area contributed by atoms with Gasteiger partial charge in [0, 0.05) is 19.4 Å². The minimum absolute atomic E-state index is 0.193. The van der Waals surface area contributed by atoms with Gasteiger partial charge in [-0.25, -0.2) is 0 Å². The van der Waals surface area contributed by atoms with Crippen LogP contribution in [0.3, 0.4) is 0 Å². The minimum Gasteiger partial charge on any atom is -0.358 e. The van der Waals surface area contributed by atoms with E-state index in [0.717, 1.165) is 5.56 Å². The van der Waals surface area contributed by atoms with E-state index < -0.39 is 6.04 Å². The Balaban J connectivity index is 2.78. The van der Waals surface area contributed by atoms with E-state index >= 15 is 0 Å². The standard InChI is InChI=1S/C8H11N3O/c1-10-8(12)7(9)6-2-4-11-5-3-6/h2-5,7H,9H2,1H3,(H,10,12). The predicted molar refractivity (Wildman–Crippen MR) is 45.2 cm³/mol. The van der Waals surface area contributed by atoms with Crippen molar-refractivity contribution in [1.29, 1.82) is 0 Å². The summed E-state index contributed by atoms with van der Waals surface area (Å²) in [6.45, 7) is 0. The molecule has 0 saturated carbocycles. The molecular weight excluding hydrogens is 154 g/mol. The van der Waals surface area contributed by atoms with Crippen LogP contribution in [0.1, 0.15) is 11.6 Å². The number of nitrogens with one attached hydrogen (secondary N) is 1. The number of amides is 1. The van der Waals surface area contributed by atoms with Gasteiger partial charge in [-0.05, 0) is 17.7 Å².